The van der Waals surface area contributed by atoms with Gasteiger partial charge in [-0.3, -0.25) is 4.79 Å². The lowest BCUT2D eigenvalue weighted by Gasteiger charge is -2.31. The molecule has 0 radical (unpaired) electrons. The summed E-state index contributed by atoms with van der Waals surface area (Å²) in [7, 11) is 0. The maximum Gasteiger partial charge on any atom is 0.251 e. The fourth-order valence-electron chi connectivity index (χ4n) is 2.10. The summed E-state index contributed by atoms with van der Waals surface area (Å²) in [6.07, 6.45) is 3.60. The summed E-state index contributed by atoms with van der Waals surface area (Å²) < 4.78 is 5.37. The summed E-state index contributed by atoms with van der Waals surface area (Å²) in [5.74, 6) is 0.175. The molecule has 2 aliphatic rings. The minimum Gasteiger partial charge on any atom is -0.368 e. The van der Waals surface area contributed by atoms with Gasteiger partial charge in [-0.2, -0.15) is 0 Å². The summed E-state index contributed by atoms with van der Waals surface area (Å²) in [6.45, 7) is 2.35. The Bertz CT molecular complexity index is 206. The van der Waals surface area contributed by atoms with Crippen molar-refractivity contribution >= 4 is 5.91 Å². The van der Waals surface area contributed by atoms with Crippen LogP contribution in [0.5, 0.6) is 0 Å². The normalized spacial score (nSPS) is 29.5. The fourth-order valence-corrected chi connectivity index (χ4v) is 2.10. The van der Waals surface area contributed by atoms with Crippen molar-refractivity contribution in [3.8, 4) is 0 Å². The monoisotopic (exact) mass is 198 g/mol. The first-order chi connectivity index (χ1) is 6.77. The van der Waals surface area contributed by atoms with Crippen LogP contribution in [0.1, 0.15) is 25.7 Å². The topological polar surface area (TPSA) is 55.6 Å². The predicted molar refractivity (Wildman–Crippen MR) is 52.8 cm³/mol. The molecule has 0 aromatic carbocycles. The fraction of sp³-hybridized carbons (Fsp3) is 0.900. The number of hydrogen-bond donors (Lipinski definition) is 1. The second-order valence-electron chi connectivity index (χ2n) is 4.16. The summed E-state index contributed by atoms with van der Waals surface area (Å²) in [4.78, 5) is 13.8. The van der Waals surface area contributed by atoms with Gasteiger partial charge in [-0.05, 0) is 25.7 Å². The minimum atomic E-state index is -0.163. The van der Waals surface area contributed by atoms with Gasteiger partial charge in [-0.1, -0.05) is 0 Å². The number of piperidine rings is 1. The van der Waals surface area contributed by atoms with Crippen LogP contribution in [0.4, 0.5) is 0 Å². The molecule has 0 bridgehead atoms. The largest absolute Gasteiger partial charge is 0.368 e. The molecule has 0 spiro atoms. The van der Waals surface area contributed by atoms with Crippen molar-refractivity contribution in [2.24, 2.45) is 5.73 Å². The zero-order chi connectivity index (χ0) is 9.97. The van der Waals surface area contributed by atoms with Gasteiger partial charge < -0.3 is 15.4 Å². The van der Waals surface area contributed by atoms with Crippen LogP contribution in [0.2, 0.25) is 0 Å². The molecular weight excluding hydrogens is 180 g/mol. The Hall–Kier alpha value is -0.610. The summed E-state index contributed by atoms with van der Waals surface area (Å²) in [5, 5.41) is 0. The third-order valence-corrected chi connectivity index (χ3v) is 3.06. The minimum absolute atomic E-state index is 0.163. The highest BCUT2D eigenvalue weighted by Crippen LogP contribution is 2.17. The van der Waals surface area contributed by atoms with E-state index >= 15 is 0 Å². The van der Waals surface area contributed by atoms with Crippen LogP contribution in [0.15, 0.2) is 0 Å². The number of hydrogen-bond acceptors (Lipinski definition) is 3. The third-order valence-electron chi connectivity index (χ3n) is 3.06. The van der Waals surface area contributed by atoms with Crippen molar-refractivity contribution in [3.05, 3.63) is 0 Å². The number of rotatable bonds is 1. The van der Waals surface area contributed by atoms with Crippen LogP contribution in [0.25, 0.3) is 0 Å². The maximum atomic E-state index is 11.9. The van der Waals surface area contributed by atoms with E-state index in [0.29, 0.717) is 0 Å². The maximum absolute atomic E-state index is 11.9. The Labute approximate surface area is 84.4 Å². The van der Waals surface area contributed by atoms with E-state index in [1.165, 1.54) is 0 Å². The van der Waals surface area contributed by atoms with Gasteiger partial charge in [0.05, 0.1) is 0 Å². The Kier molecular flexibility index (Phi) is 3.03. The van der Waals surface area contributed by atoms with E-state index < -0.39 is 0 Å². The standard InChI is InChI=1S/C10H18N2O2/c11-8-3-5-12(6-4-8)10(13)9-2-1-7-14-9/h8-9H,1-7,11H2/t9-/m0/s1. The Morgan fingerprint density at radius 3 is 2.57 bits per heavy atom. The molecule has 2 saturated heterocycles. The van der Waals surface area contributed by atoms with E-state index in [2.05, 4.69) is 0 Å². The number of amides is 1. The van der Waals surface area contributed by atoms with Gasteiger partial charge in [0.25, 0.3) is 5.91 Å². The molecule has 0 aromatic heterocycles. The summed E-state index contributed by atoms with van der Waals surface area (Å²) >= 11 is 0. The lowest BCUT2D eigenvalue weighted by Crippen LogP contribution is -2.46. The molecule has 0 aliphatic carbocycles. The zero-order valence-electron chi connectivity index (χ0n) is 8.45. The third kappa shape index (κ3) is 2.07. The van der Waals surface area contributed by atoms with Gasteiger partial charge in [-0.25, -0.2) is 0 Å². The van der Waals surface area contributed by atoms with Crippen molar-refractivity contribution in [1.29, 1.82) is 0 Å². The highest BCUT2D eigenvalue weighted by Gasteiger charge is 2.29. The average molecular weight is 198 g/mol. The van der Waals surface area contributed by atoms with Gasteiger partial charge >= 0.3 is 0 Å². The van der Waals surface area contributed by atoms with Gasteiger partial charge in [-0.15, -0.1) is 0 Å². The molecule has 2 heterocycles. The van der Waals surface area contributed by atoms with E-state index in [1.807, 2.05) is 4.90 Å². The Morgan fingerprint density at radius 2 is 2.00 bits per heavy atom. The van der Waals surface area contributed by atoms with E-state index in [0.717, 1.165) is 45.4 Å². The molecule has 4 nitrogen and oxygen atoms in total. The summed E-state index contributed by atoms with van der Waals surface area (Å²) in [5.41, 5.74) is 5.78. The number of likely N-dealkylation sites (tertiary alicyclic amines) is 1. The molecular formula is C10H18N2O2. The van der Waals surface area contributed by atoms with Crippen molar-refractivity contribution in [1.82, 2.24) is 4.90 Å². The van der Waals surface area contributed by atoms with Crippen molar-refractivity contribution < 1.29 is 9.53 Å². The Morgan fingerprint density at radius 1 is 1.29 bits per heavy atom. The lowest BCUT2D eigenvalue weighted by molar-refractivity contribution is -0.141. The summed E-state index contributed by atoms with van der Waals surface area (Å²) in [6, 6.07) is 0.281. The average Bonchev–Trinajstić information content (AvgIpc) is 2.71. The quantitative estimate of drug-likeness (QED) is 0.651. The van der Waals surface area contributed by atoms with Crippen molar-refractivity contribution in [2.75, 3.05) is 19.7 Å². The highest BCUT2D eigenvalue weighted by atomic mass is 16.5. The SMILES string of the molecule is NC1CCN(C(=O)[C@@H]2CCCO2)CC1. The van der Waals surface area contributed by atoms with Gasteiger partial charge in [0.2, 0.25) is 0 Å². The molecule has 2 N–H and O–H groups in total. The Balaban J connectivity index is 1.85. The smallest absolute Gasteiger partial charge is 0.251 e. The predicted octanol–water partition coefficient (Wildman–Crippen LogP) is 0.115. The van der Waals surface area contributed by atoms with E-state index in [-0.39, 0.29) is 18.1 Å². The molecule has 1 atom stereocenters. The van der Waals surface area contributed by atoms with Gasteiger partial charge in [0.15, 0.2) is 0 Å². The van der Waals surface area contributed by atoms with E-state index in [9.17, 15) is 4.79 Å². The molecule has 2 fully saturated rings. The first-order valence-electron chi connectivity index (χ1n) is 5.43. The second-order valence-corrected chi connectivity index (χ2v) is 4.16. The zero-order valence-corrected chi connectivity index (χ0v) is 8.45. The van der Waals surface area contributed by atoms with Crippen LogP contribution < -0.4 is 5.73 Å². The van der Waals surface area contributed by atoms with Gasteiger partial charge in [0.1, 0.15) is 6.10 Å². The molecule has 14 heavy (non-hydrogen) atoms. The number of carbonyl (C=O) groups is 1. The second kappa shape index (κ2) is 4.28. The molecule has 2 aliphatic heterocycles. The number of nitrogens with zero attached hydrogens (tertiary/aromatic N) is 1. The molecule has 80 valence electrons. The molecule has 0 saturated carbocycles. The van der Waals surface area contributed by atoms with Crippen LogP contribution in [-0.4, -0.2) is 42.6 Å². The molecule has 4 heteroatoms. The first kappa shape index (κ1) is 9.93. The highest BCUT2D eigenvalue weighted by molar-refractivity contribution is 5.81. The molecule has 1 amide bonds. The number of ether oxygens (including phenoxy) is 1. The van der Waals surface area contributed by atoms with Gasteiger partial charge in [0, 0.05) is 25.7 Å². The van der Waals surface area contributed by atoms with E-state index in [1.54, 1.807) is 0 Å². The van der Waals surface area contributed by atoms with Crippen LogP contribution >= 0.6 is 0 Å². The van der Waals surface area contributed by atoms with E-state index in [4.69, 9.17) is 10.5 Å². The number of carbonyl (C=O) groups excluding carboxylic acids is 1. The van der Waals surface area contributed by atoms with Crippen molar-refractivity contribution in [2.45, 2.75) is 37.8 Å². The first-order valence-corrected chi connectivity index (χ1v) is 5.43. The van der Waals surface area contributed by atoms with Crippen LogP contribution in [0, 0.1) is 0 Å². The van der Waals surface area contributed by atoms with Crippen LogP contribution in [0.3, 0.4) is 0 Å². The lowest BCUT2D eigenvalue weighted by atomic mass is 10.1. The molecule has 0 aromatic rings. The molecule has 2 rings (SSSR count). The number of nitrogens with two attached hydrogens (primary N) is 1. The molecule has 0 unspecified atom stereocenters. The van der Waals surface area contributed by atoms with Crippen LogP contribution in [-0.2, 0) is 9.53 Å². The van der Waals surface area contributed by atoms with Crippen molar-refractivity contribution in [3.63, 3.8) is 0 Å².